The van der Waals surface area contributed by atoms with E-state index >= 15 is 0 Å². The van der Waals surface area contributed by atoms with Crippen LogP contribution in [0.15, 0.2) is 54.0 Å². The third-order valence-corrected chi connectivity index (χ3v) is 4.95. The van der Waals surface area contributed by atoms with E-state index in [-0.39, 0.29) is 5.91 Å². The standard InChI is InChI=1S/C22H24N2O3S/c1-3-26-18-11-10-16(14-19(18)27-4-2)12-13-23-22(25)21-20(24-15-28-21)17-8-6-5-7-9-17/h5-11,14-15H,3-4,12-13H2,1-2H3,(H,23,25). The van der Waals surface area contributed by atoms with Crippen molar-refractivity contribution < 1.29 is 14.3 Å². The summed E-state index contributed by atoms with van der Waals surface area (Å²) in [5.74, 6) is 1.38. The maximum Gasteiger partial charge on any atom is 0.263 e. The number of hydrogen-bond acceptors (Lipinski definition) is 5. The summed E-state index contributed by atoms with van der Waals surface area (Å²) in [5, 5.41) is 2.99. The molecule has 0 atom stereocenters. The summed E-state index contributed by atoms with van der Waals surface area (Å²) < 4.78 is 11.3. The van der Waals surface area contributed by atoms with Crippen molar-refractivity contribution >= 4 is 17.2 Å². The van der Waals surface area contributed by atoms with Crippen LogP contribution >= 0.6 is 11.3 Å². The molecule has 0 aliphatic carbocycles. The smallest absolute Gasteiger partial charge is 0.263 e. The molecule has 0 saturated heterocycles. The van der Waals surface area contributed by atoms with E-state index < -0.39 is 0 Å². The Bertz CT molecular complexity index is 909. The van der Waals surface area contributed by atoms with Crippen LogP contribution in [-0.2, 0) is 6.42 Å². The highest BCUT2D eigenvalue weighted by molar-refractivity contribution is 7.12. The molecule has 1 N–H and O–H groups in total. The molecule has 1 heterocycles. The Morgan fingerprint density at radius 1 is 1.04 bits per heavy atom. The molecule has 1 amide bonds. The molecule has 0 aliphatic heterocycles. The molecule has 0 bridgehead atoms. The summed E-state index contributed by atoms with van der Waals surface area (Å²) in [6.45, 7) is 5.59. The Morgan fingerprint density at radius 3 is 2.54 bits per heavy atom. The molecule has 1 aromatic heterocycles. The Kier molecular flexibility index (Phi) is 7.03. The second-order valence-corrected chi connectivity index (χ2v) is 6.90. The first-order valence-electron chi connectivity index (χ1n) is 9.38. The summed E-state index contributed by atoms with van der Waals surface area (Å²) in [6, 6.07) is 15.6. The van der Waals surface area contributed by atoms with Crippen molar-refractivity contribution in [3.05, 3.63) is 64.5 Å². The van der Waals surface area contributed by atoms with E-state index in [2.05, 4.69) is 10.3 Å². The number of thiazole rings is 1. The molecule has 3 rings (SSSR count). The molecule has 28 heavy (non-hydrogen) atoms. The molecule has 0 radical (unpaired) electrons. The molecule has 0 fully saturated rings. The quantitative estimate of drug-likeness (QED) is 0.575. The van der Waals surface area contributed by atoms with Gasteiger partial charge in [0.05, 0.1) is 24.4 Å². The maximum absolute atomic E-state index is 12.6. The molecule has 0 aliphatic rings. The molecule has 0 saturated carbocycles. The van der Waals surface area contributed by atoms with Gasteiger partial charge in [0.1, 0.15) is 4.88 Å². The summed E-state index contributed by atoms with van der Waals surface area (Å²) >= 11 is 1.36. The van der Waals surface area contributed by atoms with Gasteiger partial charge in [-0.2, -0.15) is 0 Å². The molecule has 0 spiro atoms. The number of ether oxygens (including phenoxy) is 2. The zero-order valence-corrected chi connectivity index (χ0v) is 16.9. The van der Waals surface area contributed by atoms with Gasteiger partial charge in [0.15, 0.2) is 11.5 Å². The second-order valence-electron chi connectivity index (χ2n) is 6.05. The van der Waals surface area contributed by atoms with Gasteiger partial charge in [-0.1, -0.05) is 36.4 Å². The number of benzene rings is 2. The number of amides is 1. The lowest BCUT2D eigenvalue weighted by Crippen LogP contribution is -2.25. The van der Waals surface area contributed by atoms with Crippen LogP contribution < -0.4 is 14.8 Å². The molecule has 3 aromatic rings. The van der Waals surface area contributed by atoms with E-state index in [1.54, 1.807) is 5.51 Å². The van der Waals surface area contributed by atoms with Crippen LogP contribution in [0.5, 0.6) is 11.5 Å². The van der Waals surface area contributed by atoms with Gasteiger partial charge in [-0.3, -0.25) is 4.79 Å². The van der Waals surface area contributed by atoms with Crippen LogP contribution in [0.3, 0.4) is 0 Å². The molecule has 6 heteroatoms. The van der Waals surface area contributed by atoms with Crippen LogP contribution in [0.25, 0.3) is 11.3 Å². The molecule has 146 valence electrons. The van der Waals surface area contributed by atoms with Crippen LogP contribution in [0.4, 0.5) is 0 Å². The highest BCUT2D eigenvalue weighted by Gasteiger charge is 2.16. The van der Waals surface area contributed by atoms with E-state index in [0.717, 1.165) is 28.3 Å². The van der Waals surface area contributed by atoms with Gasteiger partial charge in [-0.05, 0) is 38.0 Å². The van der Waals surface area contributed by atoms with Gasteiger partial charge >= 0.3 is 0 Å². The van der Waals surface area contributed by atoms with Crippen LogP contribution in [0.1, 0.15) is 29.1 Å². The maximum atomic E-state index is 12.6. The fourth-order valence-electron chi connectivity index (χ4n) is 2.86. The highest BCUT2D eigenvalue weighted by Crippen LogP contribution is 2.29. The predicted molar refractivity (Wildman–Crippen MR) is 112 cm³/mol. The highest BCUT2D eigenvalue weighted by atomic mass is 32.1. The topological polar surface area (TPSA) is 60.5 Å². The predicted octanol–water partition coefficient (Wildman–Crippen LogP) is 4.58. The first-order valence-corrected chi connectivity index (χ1v) is 10.3. The van der Waals surface area contributed by atoms with Gasteiger partial charge in [0.25, 0.3) is 5.91 Å². The van der Waals surface area contributed by atoms with Gasteiger partial charge in [-0.25, -0.2) is 4.98 Å². The summed E-state index contributed by atoms with van der Waals surface area (Å²) in [4.78, 5) is 17.6. The van der Waals surface area contributed by atoms with Crippen molar-refractivity contribution in [1.82, 2.24) is 10.3 Å². The van der Waals surface area contributed by atoms with Crippen molar-refractivity contribution in [3.63, 3.8) is 0 Å². The van der Waals surface area contributed by atoms with Crippen LogP contribution in [0, 0.1) is 0 Å². The molecule has 0 unspecified atom stereocenters. The first-order chi connectivity index (χ1) is 13.7. The van der Waals surface area contributed by atoms with Gasteiger partial charge in [0, 0.05) is 12.1 Å². The van der Waals surface area contributed by atoms with Crippen molar-refractivity contribution in [2.24, 2.45) is 0 Å². The number of nitrogens with one attached hydrogen (secondary N) is 1. The van der Waals surface area contributed by atoms with Crippen molar-refractivity contribution in [2.75, 3.05) is 19.8 Å². The first kappa shape index (κ1) is 19.9. The summed E-state index contributed by atoms with van der Waals surface area (Å²) in [5.41, 5.74) is 4.46. The Hall–Kier alpha value is -2.86. The average molecular weight is 397 g/mol. The normalized spacial score (nSPS) is 10.5. The minimum Gasteiger partial charge on any atom is -0.490 e. The fourth-order valence-corrected chi connectivity index (χ4v) is 3.59. The minimum atomic E-state index is -0.0997. The van der Waals surface area contributed by atoms with Gasteiger partial charge in [-0.15, -0.1) is 11.3 Å². The fraction of sp³-hybridized carbons (Fsp3) is 0.273. The Morgan fingerprint density at radius 2 is 1.79 bits per heavy atom. The third-order valence-electron chi connectivity index (χ3n) is 4.13. The summed E-state index contributed by atoms with van der Waals surface area (Å²) in [6.07, 6.45) is 0.706. The molecule has 2 aromatic carbocycles. The second kappa shape index (κ2) is 9.90. The largest absolute Gasteiger partial charge is 0.490 e. The monoisotopic (exact) mass is 396 g/mol. The van der Waals surface area contributed by atoms with E-state index in [0.29, 0.717) is 31.1 Å². The minimum absolute atomic E-state index is 0.0997. The Balaban J connectivity index is 1.62. The van der Waals surface area contributed by atoms with Gasteiger partial charge in [0.2, 0.25) is 0 Å². The van der Waals surface area contributed by atoms with Crippen LogP contribution in [0.2, 0.25) is 0 Å². The van der Waals surface area contributed by atoms with Crippen molar-refractivity contribution in [1.29, 1.82) is 0 Å². The number of carbonyl (C=O) groups excluding carboxylic acids is 1. The molecular formula is C22H24N2O3S. The Labute approximate surface area is 169 Å². The molecule has 5 nitrogen and oxygen atoms in total. The number of aromatic nitrogens is 1. The lowest BCUT2D eigenvalue weighted by Gasteiger charge is -2.12. The van der Waals surface area contributed by atoms with Crippen molar-refractivity contribution in [2.45, 2.75) is 20.3 Å². The summed E-state index contributed by atoms with van der Waals surface area (Å²) in [7, 11) is 0. The number of nitrogens with zero attached hydrogens (tertiary/aromatic N) is 1. The zero-order chi connectivity index (χ0) is 19.8. The van der Waals surface area contributed by atoms with Gasteiger partial charge < -0.3 is 14.8 Å². The lowest BCUT2D eigenvalue weighted by atomic mass is 10.1. The van der Waals surface area contributed by atoms with Crippen LogP contribution in [-0.4, -0.2) is 30.6 Å². The zero-order valence-electron chi connectivity index (χ0n) is 16.1. The van der Waals surface area contributed by atoms with Crippen molar-refractivity contribution in [3.8, 4) is 22.8 Å². The average Bonchev–Trinajstić information content (AvgIpc) is 3.21. The lowest BCUT2D eigenvalue weighted by molar-refractivity contribution is 0.0958. The number of carbonyl (C=O) groups is 1. The number of rotatable bonds is 9. The number of hydrogen-bond donors (Lipinski definition) is 1. The SMILES string of the molecule is CCOc1ccc(CCNC(=O)c2scnc2-c2ccccc2)cc1OCC. The van der Waals surface area contributed by atoms with E-state index in [4.69, 9.17) is 9.47 Å². The van der Waals surface area contributed by atoms with E-state index in [1.165, 1.54) is 11.3 Å². The van der Waals surface area contributed by atoms with E-state index in [9.17, 15) is 4.79 Å². The van der Waals surface area contributed by atoms with E-state index in [1.807, 2.05) is 62.4 Å². The third kappa shape index (κ3) is 4.89. The molecular weight excluding hydrogens is 372 g/mol.